The lowest BCUT2D eigenvalue weighted by molar-refractivity contribution is 0.301. The summed E-state index contributed by atoms with van der Waals surface area (Å²) in [6.07, 6.45) is 0. The molecule has 0 spiro atoms. The van der Waals surface area contributed by atoms with Gasteiger partial charge in [-0.05, 0) is 31.3 Å². The van der Waals surface area contributed by atoms with Crippen LogP contribution in [0, 0.1) is 0 Å². The molecular formula is C14H16N2O. The van der Waals surface area contributed by atoms with Crippen LogP contribution in [0.1, 0.15) is 11.4 Å². The quantitative estimate of drug-likeness (QED) is 0.853. The third-order valence-electron chi connectivity index (χ3n) is 2.35. The summed E-state index contributed by atoms with van der Waals surface area (Å²) in [7, 11) is 1.91. The van der Waals surface area contributed by atoms with Gasteiger partial charge in [-0.2, -0.15) is 0 Å². The van der Waals surface area contributed by atoms with Crippen molar-refractivity contribution in [3.8, 4) is 5.75 Å². The molecule has 17 heavy (non-hydrogen) atoms. The predicted molar refractivity (Wildman–Crippen MR) is 67.8 cm³/mol. The fourth-order valence-electron chi connectivity index (χ4n) is 1.56. The number of pyridine rings is 1. The number of nitrogens with one attached hydrogen (secondary N) is 1. The lowest BCUT2D eigenvalue weighted by atomic mass is 10.3. The van der Waals surface area contributed by atoms with Crippen LogP contribution in [0.4, 0.5) is 0 Å². The highest BCUT2D eigenvalue weighted by Crippen LogP contribution is 2.10. The van der Waals surface area contributed by atoms with Crippen molar-refractivity contribution in [1.29, 1.82) is 0 Å². The molecule has 1 N–H and O–H groups in total. The zero-order chi connectivity index (χ0) is 11.9. The molecule has 0 aliphatic carbocycles. The van der Waals surface area contributed by atoms with Gasteiger partial charge in [0.2, 0.25) is 0 Å². The molecule has 0 saturated carbocycles. The van der Waals surface area contributed by atoms with Crippen LogP contribution in [0.2, 0.25) is 0 Å². The van der Waals surface area contributed by atoms with Gasteiger partial charge < -0.3 is 10.1 Å². The van der Waals surface area contributed by atoms with Crippen molar-refractivity contribution in [3.63, 3.8) is 0 Å². The maximum Gasteiger partial charge on any atom is 0.130 e. The van der Waals surface area contributed by atoms with Gasteiger partial charge in [-0.15, -0.1) is 0 Å². The fraction of sp³-hybridized carbons (Fsp3) is 0.214. The monoisotopic (exact) mass is 228 g/mol. The molecule has 1 heterocycles. The summed E-state index contributed by atoms with van der Waals surface area (Å²) >= 11 is 0. The number of nitrogens with zero attached hydrogens (tertiary/aromatic N) is 1. The van der Waals surface area contributed by atoms with Crippen molar-refractivity contribution in [1.82, 2.24) is 10.3 Å². The van der Waals surface area contributed by atoms with Gasteiger partial charge in [-0.3, -0.25) is 4.98 Å². The topological polar surface area (TPSA) is 34.1 Å². The lowest BCUT2D eigenvalue weighted by Gasteiger charge is -2.06. The Morgan fingerprint density at radius 1 is 1.00 bits per heavy atom. The smallest absolute Gasteiger partial charge is 0.130 e. The molecule has 0 amide bonds. The molecular weight excluding hydrogens is 212 g/mol. The van der Waals surface area contributed by atoms with Crippen molar-refractivity contribution in [2.45, 2.75) is 13.2 Å². The minimum atomic E-state index is 0.502. The summed E-state index contributed by atoms with van der Waals surface area (Å²) in [6, 6.07) is 15.8. The third-order valence-corrected chi connectivity index (χ3v) is 2.35. The van der Waals surface area contributed by atoms with Crippen LogP contribution < -0.4 is 10.1 Å². The fourth-order valence-corrected chi connectivity index (χ4v) is 1.56. The second-order valence-corrected chi connectivity index (χ2v) is 3.75. The van der Waals surface area contributed by atoms with E-state index in [0.29, 0.717) is 6.61 Å². The van der Waals surface area contributed by atoms with Gasteiger partial charge in [0.1, 0.15) is 12.4 Å². The summed E-state index contributed by atoms with van der Waals surface area (Å²) in [5, 5.41) is 3.08. The first kappa shape index (κ1) is 11.6. The molecule has 0 bridgehead atoms. The van der Waals surface area contributed by atoms with E-state index >= 15 is 0 Å². The Balaban J connectivity index is 1.97. The van der Waals surface area contributed by atoms with Crippen molar-refractivity contribution in [2.75, 3.05) is 7.05 Å². The molecule has 0 unspecified atom stereocenters. The van der Waals surface area contributed by atoms with Crippen molar-refractivity contribution in [3.05, 3.63) is 59.9 Å². The largest absolute Gasteiger partial charge is 0.487 e. The molecule has 1 aromatic heterocycles. The highest BCUT2D eigenvalue weighted by molar-refractivity contribution is 5.21. The Kier molecular flexibility index (Phi) is 4.11. The molecule has 2 rings (SSSR count). The van der Waals surface area contributed by atoms with Gasteiger partial charge in [0, 0.05) is 6.54 Å². The Bertz CT molecular complexity index is 457. The second-order valence-electron chi connectivity index (χ2n) is 3.75. The van der Waals surface area contributed by atoms with Gasteiger partial charge in [-0.1, -0.05) is 24.3 Å². The first-order chi connectivity index (χ1) is 8.38. The van der Waals surface area contributed by atoms with E-state index in [2.05, 4.69) is 10.3 Å². The highest BCUT2D eigenvalue weighted by atomic mass is 16.5. The summed E-state index contributed by atoms with van der Waals surface area (Å²) in [6.45, 7) is 1.28. The zero-order valence-electron chi connectivity index (χ0n) is 9.89. The van der Waals surface area contributed by atoms with Gasteiger partial charge in [-0.25, -0.2) is 0 Å². The zero-order valence-corrected chi connectivity index (χ0v) is 9.89. The van der Waals surface area contributed by atoms with Gasteiger partial charge in [0.05, 0.1) is 11.4 Å². The maximum atomic E-state index is 5.64. The maximum absolute atomic E-state index is 5.64. The SMILES string of the molecule is CNCc1cccc(COc2ccccc2)n1. The van der Waals surface area contributed by atoms with E-state index in [4.69, 9.17) is 4.74 Å². The highest BCUT2D eigenvalue weighted by Gasteiger charge is 1.98. The molecule has 1 aromatic carbocycles. The molecule has 0 atom stereocenters. The average molecular weight is 228 g/mol. The number of hydrogen-bond donors (Lipinski definition) is 1. The summed E-state index contributed by atoms with van der Waals surface area (Å²) in [4.78, 5) is 4.49. The summed E-state index contributed by atoms with van der Waals surface area (Å²) in [5.74, 6) is 0.869. The molecule has 3 nitrogen and oxygen atoms in total. The average Bonchev–Trinajstić information content (AvgIpc) is 2.39. The number of benzene rings is 1. The van der Waals surface area contributed by atoms with E-state index in [0.717, 1.165) is 23.7 Å². The van der Waals surface area contributed by atoms with E-state index in [1.165, 1.54) is 0 Å². The Morgan fingerprint density at radius 2 is 1.76 bits per heavy atom. The number of para-hydroxylation sites is 1. The first-order valence-electron chi connectivity index (χ1n) is 5.66. The van der Waals surface area contributed by atoms with Crippen LogP contribution in [-0.4, -0.2) is 12.0 Å². The number of rotatable bonds is 5. The van der Waals surface area contributed by atoms with Crippen LogP contribution in [0.25, 0.3) is 0 Å². The normalized spacial score (nSPS) is 10.2. The van der Waals surface area contributed by atoms with Crippen LogP contribution in [0.5, 0.6) is 5.75 Å². The molecule has 0 aliphatic heterocycles. The third kappa shape index (κ3) is 3.57. The van der Waals surface area contributed by atoms with Crippen LogP contribution >= 0.6 is 0 Å². The van der Waals surface area contributed by atoms with Crippen LogP contribution in [0.3, 0.4) is 0 Å². The van der Waals surface area contributed by atoms with Gasteiger partial charge in [0.25, 0.3) is 0 Å². The minimum absolute atomic E-state index is 0.502. The van der Waals surface area contributed by atoms with Crippen molar-refractivity contribution < 1.29 is 4.74 Å². The van der Waals surface area contributed by atoms with Crippen LogP contribution in [-0.2, 0) is 13.2 Å². The Labute approximate surface area is 101 Å². The molecule has 2 aromatic rings. The summed E-state index contributed by atoms with van der Waals surface area (Å²) in [5.41, 5.74) is 1.98. The van der Waals surface area contributed by atoms with E-state index in [1.54, 1.807) is 0 Å². The Hall–Kier alpha value is -1.87. The number of hydrogen-bond acceptors (Lipinski definition) is 3. The first-order valence-corrected chi connectivity index (χ1v) is 5.66. The van der Waals surface area contributed by atoms with E-state index in [1.807, 2.05) is 55.6 Å². The second kappa shape index (κ2) is 6.01. The van der Waals surface area contributed by atoms with Crippen LogP contribution in [0.15, 0.2) is 48.5 Å². The summed E-state index contributed by atoms with van der Waals surface area (Å²) < 4.78 is 5.64. The Morgan fingerprint density at radius 3 is 2.53 bits per heavy atom. The number of aromatic nitrogens is 1. The van der Waals surface area contributed by atoms with E-state index < -0.39 is 0 Å². The molecule has 3 heteroatoms. The van der Waals surface area contributed by atoms with Crippen molar-refractivity contribution in [2.24, 2.45) is 0 Å². The molecule has 0 radical (unpaired) electrons. The van der Waals surface area contributed by atoms with E-state index in [-0.39, 0.29) is 0 Å². The van der Waals surface area contributed by atoms with Gasteiger partial charge in [0.15, 0.2) is 0 Å². The molecule has 0 saturated heterocycles. The standard InChI is InChI=1S/C14H16N2O/c1-15-10-12-6-5-7-13(16-12)11-17-14-8-3-2-4-9-14/h2-9,15H,10-11H2,1H3. The predicted octanol–water partition coefficient (Wildman–Crippen LogP) is 2.38. The van der Waals surface area contributed by atoms with Gasteiger partial charge >= 0.3 is 0 Å². The van der Waals surface area contributed by atoms with Crippen molar-refractivity contribution >= 4 is 0 Å². The molecule has 0 fully saturated rings. The lowest BCUT2D eigenvalue weighted by Crippen LogP contribution is -2.08. The molecule has 88 valence electrons. The minimum Gasteiger partial charge on any atom is -0.487 e. The van der Waals surface area contributed by atoms with E-state index in [9.17, 15) is 0 Å². The number of ether oxygens (including phenoxy) is 1. The molecule has 0 aliphatic rings.